The summed E-state index contributed by atoms with van der Waals surface area (Å²) in [6.45, 7) is 0.693. The van der Waals surface area contributed by atoms with Crippen LogP contribution >= 0.6 is 22.9 Å². The molecule has 0 amide bonds. The molecule has 4 rings (SSSR count). The van der Waals surface area contributed by atoms with Crippen LogP contribution in [-0.4, -0.2) is 23.2 Å². The van der Waals surface area contributed by atoms with E-state index in [1.807, 2.05) is 30.3 Å². The second kappa shape index (κ2) is 6.59. The summed E-state index contributed by atoms with van der Waals surface area (Å²) >= 11 is 7.61. The molecule has 0 saturated carbocycles. The van der Waals surface area contributed by atoms with E-state index in [9.17, 15) is 4.79 Å². The Labute approximate surface area is 152 Å². The number of aliphatic hydroxyl groups is 1. The molecular formula is C19H15ClN2O2S. The Balaban J connectivity index is 2.12. The van der Waals surface area contributed by atoms with E-state index >= 15 is 0 Å². The number of rotatable bonds is 4. The number of aromatic nitrogens is 1. The third-order valence-electron chi connectivity index (χ3n) is 4.10. The molecule has 0 aliphatic carbocycles. The van der Waals surface area contributed by atoms with Crippen LogP contribution in [0.1, 0.15) is 6.42 Å². The fraction of sp³-hybridized carbons (Fsp3) is 0.158. The number of anilines is 1. The Morgan fingerprint density at radius 3 is 2.84 bits per heavy atom. The van der Waals surface area contributed by atoms with Crippen molar-refractivity contribution in [3.63, 3.8) is 0 Å². The zero-order chi connectivity index (χ0) is 17.4. The monoisotopic (exact) mass is 370 g/mol. The molecule has 0 aliphatic heterocycles. The minimum absolute atomic E-state index is 0.00998. The zero-order valence-electron chi connectivity index (χ0n) is 13.3. The molecular weight excluding hydrogens is 356 g/mol. The van der Waals surface area contributed by atoms with Gasteiger partial charge >= 0.3 is 0 Å². The van der Waals surface area contributed by atoms with Crippen LogP contribution in [0.3, 0.4) is 0 Å². The van der Waals surface area contributed by atoms with Crippen molar-refractivity contribution in [3.05, 3.63) is 57.7 Å². The molecule has 2 aromatic heterocycles. The molecule has 4 nitrogen and oxygen atoms in total. The van der Waals surface area contributed by atoms with Crippen molar-refractivity contribution in [1.82, 2.24) is 4.98 Å². The first-order valence-corrected chi connectivity index (χ1v) is 9.18. The lowest BCUT2D eigenvalue weighted by Crippen LogP contribution is -2.08. The highest BCUT2D eigenvalue weighted by Crippen LogP contribution is 2.34. The summed E-state index contributed by atoms with van der Waals surface area (Å²) in [7, 11) is 0. The highest BCUT2D eigenvalue weighted by atomic mass is 35.5. The fourth-order valence-electron chi connectivity index (χ4n) is 2.94. The lowest BCUT2D eigenvalue weighted by molar-refractivity contribution is 0.292. The third-order valence-corrected chi connectivity index (χ3v) is 5.50. The molecule has 2 aromatic carbocycles. The summed E-state index contributed by atoms with van der Waals surface area (Å²) in [6, 6.07) is 13.0. The van der Waals surface area contributed by atoms with Crippen molar-refractivity contribution in [3.8, 4) is 0 Å². The Kier molecular flexibility index (Phi) is 4.29. The molecule has 126 valence electrons. The van der Waals surface area contributed by atoms with Crippen LogP contribution in [0, 0.1) is 0 Å². The zero-order valence-corrected chi connectivity index (χ0v) is 14.8. The SMILES string of the molecule is O=c1c2ccc(Cl)cc2sc2c(NCCCO)nc3ccccc3c12. The average Bonchev–Trinajstić information content (AvgIpc) is 2.61. The first kappa shape index (κ1) is 16.3. The summed E-state index contributed by atoms with van der Waals surface area (Å²) in [5.41, 5.74) is 0.767. The molecule has 0 atom stereocenters. The first-order valence-electron chi connectivity index (χ1n) is 7.98. The van der Waals surface area contributed by atoms with Gasteiger partial charge in [-0.2, -0.15) is 0 Å². The van der Waals surface area contributed by atoms with E-state index < -0.39 is 0 Å². The third kappa shape index (κ3) is 2.84. The van der Waals surface area contributed by atoms with Crippen molar-refractivity contribution >= 4 is 59.8 Å². The second-order valence-corrected chi connectivity index (χ2v) is 7.25. The Morgan fingerprint density at radius 1 is 1.16 bits per heavy atom. The van der Waals surface area contributed by atoms with Crippen molar-refractivity contribution in [2.24, 2.45) is 0 Å². The highest BCUT2D eigenvalue weighted by Gasteiger charge is 2.14. The van der Waals surface area contributed by atoms with Gasteiger partial charge < -0.3 is 10.4 Å². The van der Waals surface area contributed by atoms with Gasteiger partial charge in [-0.25, -0.2) is 4.98 Å². The maximum Gasteiger partial charge on any atom is 0.196 e. The molecule has 25 heavy (non-hydrogen) atoms. The maximum absolute atomic E-state index is 13.2. The quantitative estimate of drug-likeness (QED) is 0.317. The average molecular weight is 371 g/mol. The van der Waals surface area contributed by atoms with Gasteiger partial charge in [0.2, 0.25) is 0 Å². The number of nitrogens with zero attached hydrogens (tertiary/aromatic N) is 1. The predicted molar refractivity (Wildman–Crippen MR) is 106 cm³/mol. The van der Waals surface area contributed by atoms with Gasteiger partial charge in [0.05, 0.1) is 15.6 Å². The van der Waals surface area contributed by atoms with Crippen LogP contribution < -0.4 is 10.7 Å². The number of halogens is 1. The van der Waals surface area contributed by atoms with Crippen LogP contribution in [0.2, 0.25) is 5.02 Å². The number of hydrogen-bond donors (Lipinski definition) is 2. The number of para-hydroxylation sites is 1. The van der Waals surface area contributed by atoms with E-state index in [0.717, 1.165) is 20.3 Å². The smallest absolute Gasteiger partial charge is 0.196 e. The predicted octanol–water partition coefficient (Wildman–Crippen LogP) is 4.41. The lowest BCUT2D eigenvalue weighted by atomic mass is 10.1. The fourth-order valence-corrected chi connectivity index (χ4v) is 4.37. The number of pyridine rings is 1. The normalized spacial score (nSPS) is 11.4. The van der Waals surface area contributed by atoms with Crippen molar-refractivity contribution < 1.29 is 5.11 Å². The van der Waals surface area contributed by atoms with Gasteiger partial charge in [-0.05, 0) is 30.7 Å². The maximum atomic E-state index is 13.2. The number of fused-ring (bicyclic) bond motifs is 4. The Morgan fingerprint density at radius 2 is 2.00 bits per heavy atom. The van der Waals surface area contributed by atoms with Gasteiger partial charge in [0, 0.05) is 33.6 Å². The van der Waals surface area contributed by atoms with Crippen LogP contribution in [0.15, 0.2) is 47.3 Å². The van der Waals surface area contributed by atoms with Gasteiger partial charge in [-0.3, -0.25) is 4.79 Å². The topological polar surface area (TPSA) is 62.2 Å². The molecule has 0 aliphatic rings. The van der Waals surface area contributed by atoms with Crippen LogP contribution in [0.4, 0.5) is 5.82 Å². The molecule has 0 spiro atoms. The Bertz CT molecular complexity index is 1160. The number of aliphatic hydroxyl groups excluding tert-OH is 1. The van der Waals surface area contributed by atoms with Gasteiger partial charge in [0.15, 0.2) is 5.43 Å². The molecule has 0 fully saturated rings. The summed E-state index contributed by atoms with van der Waals surface area (Å²) in [5.74, 6) is 0.672. The largest absolute Gasteiger partial charge is 0.396 e. The molecule has 2 N–H and O–H groups in total. The van der Waals surface area contributed by atoms with E-state index in [1.165, 1.54) is 11.3 Å². The van der Waals surface area contributed by atoms with Crippen molar-refractivity contribution in [2.75, 3.05) is 18.5 Å². The van der Waals surface area contributed by atoms with E-state index in [4.69, 9.17) is 21.7 Å². The molecule has 6 heteroatoms. The minimum Gasteiger partial charge on any atom is -0.396 e. The van der Waals surface area contributed by atoms with Gasteiger partial charge in [-0.1, -0.05) is 29.8 Å². The molecule has 0 bridgehead atoms. The van der Waals surface area contributed by atoms with Gasteiger partial charge in [0.1, 0.15) is 5.82 Å². The molecule has 2 heterocycles. The standard InChI is InChI=1S/C19H15ClN2O2S/c20-11-6-7-13-15(10-11)25-18-16(17(13)24)12-4-1-2-5-14(12)22-19(18)21-8-3-9-23/h1-2,4-7,10,23H,3,8-9H2,(H,21,22). The van der Waals surface area contributed by atoms with Crippen LogP contribution in [0.25, 0.3) is 31.1 Å². The molecule has 0 radical (unpaired) electrons. The van der Waals surface area contributed by atoms with Crippen molar-refractivity contribution in [1.29, 1.82) is 0 Å². The number of hydrogen-bond acceptors (Lipinski definition) is 5. The molecule has 0 saturated heterocycles. The summed E-state index contributed by atoms with van der Waals surface area (Å²) in [6.07, 6.45) is 0.615. The highest BCUT2D eigenvalue weighted by molar-refractivity contribution is 7.25. The lowest BCUT2D eigenvalue weighted by Gasteiger charge is -2.11. The van der Waals surface area contributed by atoms with Gasteiger partial charge in [0.25, 0.3) is 0 Å². The molecule has 4 aromatic rings. The second-order valence-electron chi connectivity index (χ2n) is 5.76. The summed E-state index contributed by atoms with van der Waals surface area (Å²) < 4.78 is 1.66. The number of nitrogens with one attached hydrogen (secondary N) is 1. The molecule has 0 unspecified atom stereocenters. The summed E-state index contributed by atoms with van der Waals surface area (Å²) in [4.78, 5) is 17.9. The van der Waals surface area contributed by atoms with Crippen LogP contribution in [0.5, 0.6) is 0 Å². The Hall–Kier alpha value is -2.21. The minimum atomic E-state index is -0.00998. The van der Waals surface area contributed by atoms with Crippen molar-refractivity contribution in [2.45, 2.75) is 6.42 Å². The van der Waals surface area contributed by atoms with Gasteiger partial charge in [-0.15, -0.1) is 11.3 Å². The van der Waals surface area contributed by atoms with Crippen LogP contribution in [-0.2, 0) is 0 Å². The summed E-state index contributed by atoms with van der Waals surface area (Å²) in [5, 5.41) is 15.1. The first-order chi connectivity index (χ1) is 12.2. The number of benzene rings is 2. The van der Waals surface area contributed by atoms with E-state index in [2.05, 4.69) is 5.32 Å². The van der Waals surface area contributed by atoms with E-state index in [-0.39, 0.29) is 12.0 Å². The van der Waals surface area contributed by atoms with E-state index in [1.54, 1.807) is 12.1 Å². The van der Waals surface area contributed by atoms with E-state index in [0.29, 0.717) is 34.6 Å².